The minimum absolute atomic E-state index is 0.290. The molecular formula is C21H44O2Si. The molecule has 3 heteroatoms. The number of unbranched alkanes of at least 4 members (excludes halogenated alkanes) is 9. The van der Waals surface area contributed by atoms with Crippen molar-refractivity contribution in [3.63, 3.8) is 0 Å². The van der Waals surface area contributed by atoms with E-state index in [1.807, 2.05) is 0 Å². The van der Waals surface area contributed by atoms with E-state index in [4.69, 9.17) is 9.16 Å². The van der Waals surface area contributed by atoms with E-state index in [1.54, 1.807) is 0 Å². The summed E-state index contributed by atoms with van der Waals surface area (Å²) in [6.07, 6.45) is 15.9. The Hall–Kier alpha value is 0.137. The van der Waals surface area contributed by atoms with Crippen molar-refractivity contribution in [1.29, 1.82) is 0 Å². The molecule has 24 heavy (non-hydrogen) atoms. The number of hydrogen-bond acceptors (Lipinski definition) is 2. The third kappa shape index (κ3) is 9.01. The molecule has 1 heterocycles. The molecular weight excluding hydrogens is 312 g/mol. The van der Waals surface area contributed by atoms with Crippen molar-refractivity contribution in [2.45, 2.75) is 129 Å². The SMILES string of the molecule is CCCCCCCCCCCC[C@@H](O[Si](C)(C)C(C)(C)C)[C@H]1CO1. The van der Waals surface area contributed by atoms with Gasteiger partial charge in [0.05, 0.1) is 12.7 Å². The molecule has 0 N–H and O–H groups in total. The average molecular weight is 357 g/mol. The van der Waals surface area contributed by atoms with Crippen molar-refractivity contribution < 1.29 is 9.16 Å². The highest BCUT2D eigenvalue weighted by atomic mass is 28.4. The maximum absolute atomic E-state index is 6.62. The molecule has 0 aromatic heterocycles. The summed E-state index contributed by atoms with van der Waals surface area (Å²) in [6, 6.07) is 0. The highest BCUT2D eigenvalue weighted by Gasteiger charge is 2.43. The van der Waals surface area contributed by atoms with Crippen LogP contribution in [0.3, 0.4) is 0 Å². The standard InChI is InChI=1S/C21H44O2Si/c1-7-8-9-10-11-12-13-14-15-16-17-19(20-18-22-20)23-24(5,6)21(2,3)4/h19-20H,7-18H2,1-6H3/t19-,20-/m1/s1. The molecule has 2 nitrogen and oxygen atoms in total. The fraction of sp³-hybridized carbons (Fsp3) is 1.00. The topological polar surface area (TPSA) is 21.8 Å². The third-order valence-electron chi connectivity index (χ3n) is 5.87. The van der Waals surface area contributed by atoms with Crippen molar-refractivity contribution in [3.05, 3.63) is 0 Å². The lowest BCUT2D eigenvalue weighted by Crippen LogP contribution is -2.45. The second-order valence-electron chi connectivity index (χ2n) is 9.26. The van der Waals surface area contributed by atoms with Crippen LogP contribution in [0.1, 0.15) is 98.3 Å². The van der Waals surface area contributed by atoms with Gasteiger partial charge in [-0.05, 0) is 24.6 Å². The largest absolute Gasteiger partial charge is 0.411 e. The zero-order chi connectivity index (χ0) is 18.1. The van der Waals surface area contributed by atoms with Gasteiger partial charge in [0.1, 0.15) is 6.10 Å². The highest BCUT2D eigenvalue weighted by molar-refractivity contribution is 6.74. The van der Waals surface area contributed by atoms with Gasteiger partial charge in [-0.1, -0.05) is 91.9 Å². The predicted molar refractivity (Wildman–Crippen MR) is 108 cm³/mol. The van der Waals surface area contributed by atoms with Crippen LogP contribution < -0.4 is 0 Å². The summed E-state index contributed by atoms with van der Waals surface area (Å²) in [6.45, 7) is 14.9. The van der Waals surface area contributed by atoms with E-state index in [0.29, 0.717) is 12.2 Å². The van der Waals surface area contributed by atoms with Crippen LogP contribution in [-0.2, 0) is 9.16 Å². The van der Waals surface area contributed by atoms with Crippen LogP contribution in [0, 0.1) is 0 Å². The summed E-state index contributed by atoms with van der Waals surface area (Å²) in [5, 5.41) is 0.290. The van der Waals surface area contributed by atoms with Gasteiger partial charge in [0.25, 0.3) is 0 Å². The zero-order valence-electron chi connectivity index (χ0n) is 17.5. The Morgan fingerprint density at radius 2 is 1.38 bits per heavy atom. The van der Waals surface area contributed by atoms with Gasteiger partial charge in [-0.2, -0.15) is 0 Å². The first-order valence-corrected chi connectivity index (χ1v) is 13.5. The fourth-order valence-corrected chi connectivity index (χ4v) is 4.36. The minimum Gasteiger partial charge on any atom is -0.411 e. The fourth-order valence-electron chi connectivity index (χ4n) is 2.98. The molecule has 144 valence electrons. The summed E-state index contributed by atoms with van der Waals surface area (Å²) >= 11 is 0. The molecule has 0 aliphatic carbocycles. The van der Waals surface area contributed by atoms with E-state index >= 15 is 0 Å². The van der Waals surface area contributed by atoms with E-state index in [-0.39, 0.29) is 5.04 Å². The molecule has 0 aromatic carbocycles. The second kappa shape index (κ2) is 11.0. The third-order valence-corrected chi connectivity index (χ3v) is 10.4. The Kier molecular flexibility index (Phi) is 10.1. The molecule has 1 rings (SSSR count). The Bertz CT molecular complexity index is 318. The Morgan fingerprint density at radius 3 is 1.79 bits per heavy atom. The lowest BCUT2D eigenvalue weighted by Gasteiger charge is -2.39. The van der Waals surface area contributed by atoms with Crippen LogP contribution in [0.5, 0.6) is 0 Å². The number of hydrogen-bond donors (Lipinski definition) is 0. The molecule has 0 saturated carbocycles. The Morgan fingerprint density at radius 1 is 0.917 bits per heavy atom. The quantitative estimate of drug-likeness (QED) is 0.188. The number of epoxide rings is 1. The van der Waals surface area contributed by atoms with Crippen molar-refractivity contribution in [2.24, 2.45) is 0 Å². The van der Waals surface area contributed by atoms with Gasteiger partial charge in [-0.3, -0.25) is 0 Å². The summed E-state index contributed by atoms with van der Waals surface area (Å²) in [4.78, 5) is 0. The maximum atomic E-state index is 6.62. The van der Waals surface area contributed by atoms with Gasteiger partial charge < -0.3 is 9.16 Å². The average Bonchev–Trinajstić information content (AvgIpc) is 3.31. The smallest absolute Gasteiger partial charge is 0.192 e. The monoisotopic (exact) mass is 356 g/mol. The van der Waals surface area contributed by atoms with Crippen molar-refractivity contribution >= 4 is 8.32 Å². The lowest BCUT2D eigenvalue weighted by atomic mass is 10.0. The molecule has 0 amide bonds. The van der Waals surface area contributed by atoms with Crippen molar-refractivity contribution in [2.75, 3.05) is 6.61 Å². The van der Waals surface area contributed by atoms with E-state index in [9.17, 15) is 0 Å². The van der Waals surface area contributed by atoms with Crippen molar-refractivity contribution in [1.82, 2.24) is 0 Å². The normalized spacial score (nSPS) is 19.5. The second-order valence-corrected chi connectivity index (χ2v) is 14.0. The van der Waals surface area contributed by atoms with Gasteiger partial charge >= 0.3 is 0 Å². The van der Waals surface area contributed by atoms with E-state index in [1.165, 1.54) is 70.6 Å². The first kappa shape index (κ1) is 22.2. The van der Waals surface area contributed by atoms with E-state index in [2.05, 4.69) is 40.8 Å². The molecule has 1 aliphatic rings. The van der Waals surface area contributed by atoms with Gasteiger partial charge in [-0.15, -0.1) is 0 Å². The summed E-state index contributed by atoms with van der Waals surface area (Å²) in [5.41, 5.74) is 0. The summed E-state index contributed by atoms with van der Waals surface area (Å²) in [7, 11) is -1.67. The highest BCUT2D eigenvalue weighted by Crippen LogP contribution is 2.39. The van der Waals surface area contributed by atoms with E-state index in [0.717, 1.165) is 6.61 Å². The summed E-state index contributed by atoms with van der Waals surface area (Å²) in [5.74, 6) is 0. The lowest BCUT2D eigenvalue weighted by molar-refractivity contribution is 0.131. The molecule has 1 saturated heterocycles. The molecule has 2 atom stereocenters. The van der Waals surface area contributed by atoms with Gasteiger partial charge in [0.2, 0.25) is 0 Å². The molecule has 0 aromatic rings. The maximum Gasteiger partial charge on any atom is 0.192 e. The van der Waals surface area contributed by atoms with Crippen LogP contribution >= 0.6 is 0 Å². The van der Waals surface area contributed by atoms with E-state index < -0.39 is 8.32 Å². The first-order chi connectivity index (χ1) is 11.3. The molecule has 1 aliphatic heterocycles. The van der Waals surface area contributed by atoms with Gasteiger partial charge in [-0.25, -0.2) is 0 Å². The molecule has 1 fully saturated rings. The number of ether oxygens (including phenoxy) is 1. The molecule has 0 spiro atoms. The van der Waals surface area contributed by atoms with Crippen LogP contribution in [0.25, 0.3) is 0 Å². The van der Waals surface area contributed by atoms with Crippen molar-refractivity contribution in [3.8, 4) is 0 Å². The van der Waals surface area contributed by atoms with Gasteiger partial charge in [0.15, 0.2) is 8.32 Å². The first-order valence-electron chi connectivity index (χ1n) is 10.6. The van der Waals surface area contributed by atoms with Crippen LogP contribution in [0.15, 0.2) is 0 Å². The predicted octanol–water partition coefficient (Wildman–Crippen LogP) is 7.09. The minimum atomic E-state index is -1.67. The van der Waals surface area contributed by atoms with Crippen LogP contribution in [0.2, 0.25) is 18.1 Å². The number of rotatable bonds is 14. The Balaban J connectivity index is 2.11. The van der Waals surface area contributed by atoms with Crippen LogP contribution in [0.4, 0.5) is 0 Å². The Labute approximate surface area is 153 Å². The molecule has 0 radical (unpaired) electrons. The molecule has 0 unspecified atom stereocenters. The van der Waals surface area contributed by atoms with Gasteiger partial charge in [0, 0.05) is 0 Å². The van der Waals surface area contributed by atoms with Crippen LogP contribution in [-0.4, -0.2) is 27.1 Å². The molecule has 0 bridgehead atoms. The zero-order valence-corrected chi connectivity index (χ0v) is 18.5. The summed E-state index contributed by atoms with van der Waals surface area (Å²) < 4.78 is 12.2.